The molecule has 0 spiro atoms. The number of nitrogens with zero attached hydrogens (tertiary/aromatic N) is 2. The maximum Gasteiger partial charge on any atom is 0.260 e. The lowest BCUT2D eigenvalue weighted by molar-refractivity contribution is -0.141. The number of ether oxygens (including phenoxy) is 2. The summed E-state index contributed by atoms with van der Waals surface area (Å²) in [5.41, 5.74) is 1.08. The Labute approximate surface area is 178 Å². The van der Waals surface area contributed by atoms with Crippen molar-refractivity contribution >= 4 is 11.8 Å². The molecule has 0 saturated carbocycles. The summed E-state index contributed by atoms with van der Waals surface area (Å²) in [5, 5.41) is 0. The summed E-state index contributed by atoms with van der Waals surface area (Å²) < 4.78 is 10.8. The van der Waals surface area contributed by atoms with Crippen molar-refractivity contribution in [2.45, 2.75) is 26.3 Å². The second-order valence-electron chi connectivity index (χ2n) is 7.46. The van der Waals surface area contributed by atoms with Gasteiger partial charge in [0, 0.05) is 32.1 Å². The predicted molar refractivity (Wildman–Crippen MR) is 115 cm³/mol. The minimum atomic E-state index is -0.0395. The van der Waals surface area contributed by atoms with Gasteiger partial charge >= 0.3 is 0 Å². The van der Waals surface area contributed by atoms with Crippen molar-refractivity contribution in [2.24, 2.45) is 5.92 Å². The van der Waals surface area contributed by atoms with E-state index in [0.29, 0.717) is 44.8 Å². The molecule has 0 N–H and O–H groups in total. The summed E-state index contributed by atoms with van der Waals surface area (Å²) >= 11 is 0. The molecule has 1 fully saturated rings. The van der Waals surface area contributed by atoms with Gasteiger partial charge in [-0.3, -0.25) is 9.59 Å². The van der Waals surface area contributed by atoms with Crippen LogP contribution in [0.2, 0.25) is 0 Å². The summed E-state index contributed by atoms with van der Waals surface area (Å²) in [4.78, 5) is 29.1. The number of hydrogen-bond donors (Lipinski definition) is 0. The predicted octanol–water partition coefficient (Wildman–Crippen LogP) is 3.36. The molecule has 0 radical (unpaired) electrons. The number of carbonyl (C=O) groups is 2. The van der Waals surface area contributed by atoms with Crippen LogP contribution in [0.3, 0.4) is 0 Å². The molecule has 0 aliphatic carbocycles. The first kappa shape index (κ1) is 21.7. The van der Waals surface area contributed by atoms with Crippen LogP contribution >= 0.6 is 0 Å². The minimum absolute atomic E-state index is 0.0289. The van der Waals surface area contributed by atoms with Crippen LogP contribution in [0.15, 0.2) is 54.6 Å². The number of rotatable bonds is 8. The molecule has 160 valence electrons. The van der Waals surface area contributed by atoms with Gasteiger partial charge in [0.25, 0.3) is 5.91 Å². The van der Waals surface area contributed by atoms with E-state index in [1.807, 2.05) is 66.4 Å². The van der Waals surface area contributed by atoms with Crippen LogP contribution < -0.4 is 9.47 Å². The number of benzene rings is 2. The van der Waals surface area contributed by atoms with Crippen LogP contribution in [0, 0.1) is 5.92 Å². The normalized spacial score (nSPS) is 14.3. The van der Waals surface area contributed by atoms with E-state index in [1.165, 1.54) is 0 Å². The Bertz CT molecular complexity index is 815. The smallest absolute Gasteiger partial charge is 0.260 e. The van der Waals surface area contributed by atoms with E-state index in [9.17, 15) is 9.59 Å². The number of para-hydroxylation sites is 1. The standard InChI is InChI=1S/C24H30N2O4/c1-3-25(17-19-9-11-21(29-2)12-10-19)24(28)20-13-15-26(16-14-20)23(27)18-30-22-7-5-4-6-8-22/h4-12,20H,3,13-18H2,1-2H3. The molecule has 0 unspecified atom stereocenters. The molecule has 6 nitrogen and oxygen atoms in total. The topological polar surface area (TPSA) is 59.1 Å². The first-order valence-electron chi connectivity index (χ1n) is 10.5. The van der Waals surface area contributed by atoms with E-state index in [2.05, 4.69) is 0 Å². The van der Waals surface area contributed by atoms with Crippen molar-refractivity contribution < 1.29 is 19.1 Å². The first-order valence-corrected chi connectivity index (χ1v) is 10.5. The zero-order valence-electron chi connectivity index (χ0n) is 17.8. The van der Waals surface area contributed by atoms with Crippen molar-refractivity contribution in [3.63, 3.8) is 0 Å². The van der Waals surface area contributed by atoms with Gasteiger partial charge in [0.15, 0.2) is 6.61 Å². The average Bonchev–Trinajstić information content (AvgIpc) is 2.81. The number of likely N-dealkylation sites (tertiary alicyclic amines) is 1. The number of carbonyl (C=O) groups excluding carboxylic acids is 2. The van der Waals surface area contributed by atoms with Crippen molar-refractivity contribution in [3.05, 3.63) is 60.2 Å². The van der Waals surface area contributed by atoms with Gasteiger partial charge in [0.05, 0.1) is 7.11 Å². The Morgan fingerprint density at radius 2 is 1.67 bits per heavy atom. The van der Waals surface area contributed by atoms with E-state index in [4.69, 9.17) is 9.47 Å². The van der Waals surface area contributed by atoms with Crippen LogP contribution in [0.4, 0.5) is 0 Å². The number of piperidine rings is 1. The Morgan fingerprint density at radius 1 is 1.00 bits per heavy atom. The Kier molecular flexibility index (Phi) is 7.71. The average molecular weight is 411 g/mol. The molecule has 6 heteroatoms. The third-order valence-corrected chi connectivity index (χ3v) is 5.53. The summed E-state index contributed by atoms with van der Waals surface area (Å²) in [6.07, 6.45) is 1.38. The molecular formula is C24H30N2O4. The summed E-state index contributed by atoms with van der Waals surface area (Å²) in [5.74, 6) is 1.59. The lowest BCUT2D eigenvalue weighted by Crippen LogP contribution is -2.45. The van der Waals surface area contributed by atoms with E-state index < -0.39 is 0 Å². The molecule has 1 heterocycles. The van der Waals surface area contributed by atoms with E-state index in [0.717, 1.165) is 11.3 Å². The monoisotopic (exact) mass is 410 g/mol. The maximum atomic E-state index is 13.0. The SMILES string of the molecule is CCN(Cc1ccc(OC)cc1)C(=O)C1CCN(C(=O)COc2ccccc2)CC1. The molecule has 3 rings (SSSR count). The van der Waals surface area contributed by atoms with Gasteiger partial charge in [-0.1, -0.05) is 30.3 Å². The quantitative estimate of drug-likeness (QED) is 0.670. The lowest BCUT2D eigenvalue weighted by Gasteiger charge is -2.34. The fraction of sp³-hybridized carbons (Fsp3) is 0.417. The van der Waals surface area contributed by atoms with Gasteiger partial charge in [-0.25, -0.2) is 0 Å². The van der Waals surface area contributed by atoms with Crippen LogP contribution in [-0.2, 0) is 16.1 Å². The summed E-state index contributed by atoms with van der Waals surface area (Å²) in [6.45, 7) is 4.46. The number of amides is 2. The maximum absolute atomic E-state index is 13.0. The minimum Gasteiger partial charge on any atom is -0.497 e. The van der Waals surface area contributed by atoms with Gasteiger partial charge in [0.2, 0.25) is 5.91 Å². The van der Waals surface area contributed by atoms with Crippen LogP contribution in [0.1, 0.15) is 25.3 Å². The van der Waals surface area contributed by atoms with Crippen LogP contribution in [0.25, 0.3) is 0 Å². The van der Waals surface area contributed by atoms with E-state index in [-0.39, 0.29) is 24.3 Å². The van der Waals surface area contributed by atoms with Gasteiger partial charge in [-0.05, 0) is 49.6 Å². The van der Waals surface area contributed by atoms with Gasteiger partial charge in [0.1, 0.15) is 11.5 Å². The van der Waals surface area contributed by atoms with Gasteiger partial charge < -0.3 is 19.3 Å². The van der Waals surface area contributed by atoms with Crippen LogP contribution in [-0.4, -0.2) is 55.0 Å². The zero-order valence-corrected chi connectivity index (χ0v) is 17.8. The van der Waals surface area contributed by atoms with Gasteiger partial charge in [-0.15, -0.1) is 0 Å². The molecule has 2 aromatic carbocycles. The Balaban J connectivity index is 1.47. The Morgan fingerprint density at radius 3 is 2.27 bits per heavy atom. The van der Waals surface area contributed by atoms with Crippen molar-refractivity contribution in [3.8, 4) is 11.5 Å². The highest BCUT2D eigenvalue weighted by atomic mass is 16.5. The highest BCUT2D eigenvalue weighted by Crippen LogP contribution is 2.22. The van der Waals surface area contributed by atoms with Gasteiger partial charge in [-0.2, -0.15) is 0 Å². The fourth-order valence-electron chi connectivity index (χ4n) is 3.68. The van der Waals surface area contributed by atoms with E-state index >= 15 is 0 Å². The molecular weight excluding hydrogens is 380 g/mol. The molecule has 2 aromatic rings. The van der Waals surface area contributed by atoms with E-state index in [1.54, 1.807) is 12.0 Å². The fourth-order valence-corrected chi connectivity index (χ4v) is 3.68. The molecule has 2 amide bonds. The third kappa shape index (κ3) is 5.75. The number of methoxy groups -OCH3 is 1. The molecule has 1 saturated heterocycles. The second-order valence-corrected chi connectivity index (χ2v) is 7.46. The molecule has 1 aliphatic heterocycles. The van der Waals surface area contributed by atoms with Crippen molar-refractivity contribution in [1.82, 2.24) is 9.80 Å². The third-order valence-electron chi connectivity index (χ3n) is 5.53. The summed E-state index contributed by atoms with van der Waals surface area (Å²) in [7, 11) is 1.64. The first-order chi connectivity index (χ1) is 14.6. The largest absolute Gasteiger partial charge is 0.497 e. The molecule has 0 aromatic heterocycles. The van der Waals surface area contributed by atoms with Crippen LogP contribution in [0.5, 0.6) is 11.5 Å². The lowest BCUT2D eigenvalue weighted by atomic mass is 9.95. The van der Waals surface area contributed by atoms with Crippen molar-refractivity contribution in [1.29, 1.82) is 0 Å². The zero-order chi connectivity index (χ0) is 21.3. The van der Waals surface area contributed by atoms with Crippen molar-refractivity contribution in [2.75, 3.05) is 33.4 Å². The summed E-state index contributed by atoms with van der Waals surface area (Å²) in [6, 6.07) is 17.1. The molecule has 30 heavy (non-hydrogen) atoms. The molecule has 1 aliphatic rings. The Hall–Kier alpha value is -3.02. The molecule has 0 bridgehead atoms. The number of hydrogen-bond acceptors (Lipinski definition) is 4. The second kappa shape index (κ2) is 10.7. The molecule has 0 atom stereocenters. The highest BCUT2D eigenvalue weighted by molar-refractivity contribution is 5.80. The highest BCUT2D eigenvalue weighted by Gasteiger charge is 2.30.